The third-order valence-electron chi connectivity index (χ3n) is 1.77. The molecular weight excluding hydrogens is 226 g/mol. The minimum Gasteiger partial charge on any atom is -0.381 e. The highest BCUT2D eigenvalue weighted by molar-refractivity contribution is 9.10. The van der Waals surface area contributed by atoms with Gasteiger partial charge in [0.15, 0.2) is 0 Å². The minimum absolute atomic E-state index is 0.873. The first-order valence-electron chi connectivity index (χ1n) is 4.35. The number of halogens is 1. The average Bonchev–Trinajstić information content (AvgIpc) is 2.09. The third-order valence-corrected chi connectivity index (χ3v) is 2.43. The van der Waals surface area contributed by atoms with Crippen molar-refractivity contribution in [1.82, 2.24) is 0 Å². The maximum absolute atomic E-state index is 3.51. The molecule has 0 radical (unpaired) electrons. The second-order valence-electron chi connectivity index (χ2n) is 2.93. The topological polar surface area (TPSA) is 12.0 Å². The fourth-order valence-corrected chi connectivity index (χ4v) is 1.68. The van der Waals surface area contributed by atoms with Crippen molar-refractivity contribution in [3.05, 3.63) is 40.4 Å². The van der Waals surface area contributed by atoms with Gasteiger partial charge in [-0.2, -0.15) is 0 Å². The maximum Gasteiger partial charge on any atom is 0.0487 e. The van der Waals surface area contributed by atoms with Gasteiger partial charge in [0.05, 0.1) is 0 Å². The zero-order valence-electron chi connectivity index (χ0n) is 7.97. The summed E-state index contributed by atoms with van der Waals surface area (Å²) < 4.78 is 1.12. The lowest BCUT2D eigenvalue weighted by atomic mass is 10.2. The van der Waals surface area contributed by atoms with Crippen LogP contribution in [0, 0.1) is 6.92 Å². The van der Waals surface area contributed by atoms with Gasteiger partial charge in [0.1, 0.15) is 0 Å². The van der Waals surface area contributed by atoms with Crippen LogP contribution in [0.4, 0.5) is 5.69 Å². The molecule has 1 rings (SSSR count). The van der Waals surface area contributed by atoms with Crippen LogP contribution in [0.3, 0.4) is 0 Å². The largest absolute Gasteiger partial charge is 0.381 e. The fraction of sp³-hybridized carbons (Fsp3) is 0.273. The Labute approximate surface area is 88.0 Å². The molecule has 0 spiro atoms. The van der Waals surface area contributed by atoms with E-state index < -0.39 is 0 Å². The first kappa shape index (κ1) is 10.3. The van der Waals surface area contributed by atoms with E-state index in [9.17, 15) is 0 Å². The molecule has 13 heavy (non-hydrogen) atoms. The van der Waals surface area contributed by atoms with Crippen LogP contribution in [-0.2, 0) is 0 Å². The van der Waals surface area contributed by atoms with Crippen molar-refractivity contribution in [1.29, 1.82) is 0 Å². The fourth-order valence-electron chi connectivity index (χ4n) is 1.05. The Morgan fingerprint density at radius 1 is 1.46 bits per heavy atom. The summed E-state index contributed by atoms with van der Waals surface area (Å²) in [7, 11) is 0. The van der Waals surface area contributed by atoms with Gasteiger partial charge in [-0.1, -0.05) is 18.2 Å². The molecule has 0 unspecified atom stereocenters. The Bertz CT molecular complexity index is 305. The molecule has 1 aromatic rings. The number of hydrogen-bond donors (Lipinski definition) is 1. The van der Waals surface area contributed by atoms with Crippen molar-refractivity contribution in [2.24, 2.45) is 0 Å². The number of rotatable bonds is 3. The van der Waals surface area contributed by atoms with Gasteiger partial charge in [-0.3, -0.25) is 0 Å². The van der Waals surface area contributed by atoms with Crippen LogP contribution in [-0.4, -0.2) is 6.54 Å². The van der Waals surface area contributed by atoms with E-state index in [0.29, 0.717) is 0 Å². The molecule has 70 valence electrons. The summed E-state index contributed by atoms with van der Waals surface area (Å²) in [4.78, 5) is 0. The molecule has 0 amide bonds. The van der Waals surface area contributed by atoms with E-state index in [1.807, 2.05) is 13.0 Å². The molecule has 2 heteroatoms. The van der Waals surface area contributed by atoms with Crippen LogP contribution in [0.1, 0.15) is 12.5 Å². The molecule has 1 nitrogen and oxygen atoms in total. The van der Waals surface area contributed by atoms with Crippen LogP contribution >= 0.6 is 15.9 Å². The number of aryl methyl sites for hydroxylation is 1. The van der Waals surface area contributed by atoms with Crippen LogP contribution in [0.15, 0.2) is 34.8 Å². The van der Waals surface area contributed by atoms with E-state index in [1.165, 1.54) is 5.56 Å². The van der Waals surface area contributed by atoms with Crippen molar-refractivity contribution >= 4 is 21.6 Å². The molecule has 0 saturated carbocycles. The Balaban J connectivity index is 2.66. The van der Waals surface area contributed by atoms with Gasteiger partial charge >= 0.3 is 0 Å². The number of anilines is 1. The first-order chi connectivity index (χ1) is 6.24. The Hall–Kier alpha value is -0.760. The van der Waals surface area contributed by atoms with Gasteiger partial charge in [-0.25, -0.2) is 0 Å². The molecule has 0 bridgehead atoms. The smallest absolute Gasteiger partial charge is 0.0487 e. The number of hydrogen-bond acceptors (Lipinski definition) is 1. The van der Waals surface area contributed by atoms with Crippen molar-refractivity contribution in [3.8, 4) is 0 Å². The normalized spacial score (nSPS) is 10.7. The van der Waals surface area contributed by atoms with E-state index in [2.05, 4.69) is 52.4 Å². The molecular formula is C11H14BrN. The third kappa shape index (κ3) is 3.23. The minimum atomic E-state index is 0.873. The number of allylic oxidation sites excluding steroid dienone is 1. The van der Waals surface area contributed by atoms with Gasteiger partial charge in [0, 0.05) is 16.7 Å². The molecule has 1 N–H and O–H groups in total. The Morgan fingerprint density at radius 3 is 2.85 bits per heavy atom. The first-order valence-corrected chi connectivity index (χ1v) is 5.14. The summed E-state index contributed by atoms with van der Waals surface area (Å²) in [5.74, 6) is 0. The van der Waals surface area contributed by atoms with Gasteiger partial charge in [0.2, 0.25) is 0 Å². The van der Waals surface area contributed by atoms with Crippen molar-refractivity contribution in [2.75, 3.05) is 11.9 Å². The summed E-state index contributed by atoms with van der Waals surface area (Å²) >= 11 is 3.51. The molecule has 0 aliphatic rings. The summed E-state index contributed by atoms with van der Waals surface area (Å²) in [5, 5.41) is 3.31. The highest BCUT2D eigenvalue weighted by Crippen LogP contribution is 2.22. The molecule has 0 aliphatic carbocycles. The summed E-state index contributed by atoms with van der Waals surface area (Å²) in [6.45, 7) is 4.98. The second-order valence-corrected chi connectivity index (χ2v) is 3.79. The van der Waals surface area contributed by atoms with Crippen LogP contribution in [0.2, 0.25) is 0 Å². The Morgan fingerprint density at radius 2 is 2.23 bits per heavy atom. The van der Waals surface area contributed by atoms with Crippen LogP contribution in [0.5, 0.6) is 0 Å². The zero-order chi connectivity index (χ0) is 9.68. The van der Waals surface area contributed by atoms with E-state index >= 15 is 0 Å². The predicted molar refractivity (Wildman–Crippen MR) is 62.2 cm³/mol. The van der Waals surface area contributed by atoms with E-state index in [4.69, 9.17) is 0 Å². The average molecular weight is 240 g/mol. The number of benzene rings is 1. The number of nitrogens with one attached hydrogen (secondary N) is 1. The predicted octanol–water partition coefficient (Wildman–Crippen LogP) is 3.75. The Kier molecular flexibility index (Phi) is 4.03. The molecule has 0 aromatic heterocycles. The maximum atomic E-state index is 3.51. The van der Waals surface area contributed by atoms with Crippen molar-refractivity contribution in [3.63, 3.8) is 0 Å². The molecule has 0 heterocycles. The lowest BCUT2D eigenvalue weighted by molar-refractivity contribution is 1.31. The quantitative estimate of drug-likeness (QED) is 0.793. The monoisotopic (exact) mass is 239 g/mol. The standard InChI is InChI=1S/C11H14BrN/c1-3-4-7-13-11-6-5-9(2)8-10(11)12/h3-6,8,13H,7H2,1-2H3/b4-3+. The van der Waals surface area contributed by atoms with Gasteiger partial charge in [-0.15, -0.1) is 0 Å². The molecule has 0 fully saturated rings. The van der Waals surface area contributed by atoms with E-state index in [-0.39, 0.29) is 0 Å². The van der Waals surface area contributed by atoms with Crippen molar-refractivity contribution < 1.29 is 0 Å². The highest BCUT2D eigenvalue weighted by Gasteiger charge is 1.96. The SMILES string of the molecule is C/C=C/CNc1ccc(C)cc1Br. The van der Waals surface area contributed by atoms with Gasteiger partial charge in [-0.05, 0) is 47.5 Å². The molecule has 0 atom stereocenters. The summed E-state index contributed by atoms with van der Waals surface area (Å²) in [6, 6.07) is 6.30. The lowest BCUT2D eigenvalue weighted by Crippen LogP contribution is -1.98. The van der Waals surface area contributed by atoms with E-state index in [0.717, 1.165) is 16.7 Å². The summed E-state index contributed by atoms with van der Waals surface area (Å²) in [5.41, 5.74) is 2.41. The van der Waals surface area contributed by atoms with Crippen LogP contribution < -0.4 is 5.32 Å². The molecule has 0 aliphatic heterocycles. The van der Waals surface area contributed by atoms with Crippen molar-refractivity contribution in [2.45, 2.75) is 13.8 Å². The van der Waals surface area contributed by atoms with Gasteiger partial charge in [0.25, 0.3) is 0 Å². The van der Waals surface area contributed by atoms with Gasteiger partial charge < -0.3 is 5.32 Å². The van der Waals surface area contributed by atoms with Crippen LogP contribution in [0.25, 0.3) is 0 Å². The zero-order valence-corrected chi connectivity index (χ0v) is 9.56. The lowest BCUT2D eigenvalue weighted by Gasteiger charge is -2.06. The second kappa shape index (κ2) is 5.07. The highest BCUT2D eigenvalue weighted by atomic mass is 79.9. The molecule has 1 aromatic carbocycles. The summed E-state index contributed by atoms with van der Waals surface area (Å²) in [6.07, 6.45) is 4.13. The van der Waals surface area contributed by atoms with E-state index in [1.54, 1.807) is 0 Å². The molecule has 0 saturated heterocycles.